The molecule has 2 aromatic rings. The molecule has 0 saturated heterocycles. The van der Waals surface area contributed by atoms with Crippen molar-refractivity contribution >= 4 is 43.7 Å². The van der Waals surface area contributed by atoms with Crippen LogP contribution in [0.15, 0.2) is 42.7 Å². The Morgan fingerprint density at radius 3 is 2.40 bits per heavy atom. The maximum atomic E-state index is 12.5. The molecule has 0 saturated carbocycles. The molecule has 6 heteroatoms. The fraction of sp³-hybridized carbons (Fsp3) is 0.286. The Morgan fingerprint density at radius 2 is 1.80 bits per heavy atom. The number of benzene rings is 1. The molecule has 1 heterocycles. The van der Waals surface area contributed by atoms with Gasteiger partial charge in [-0.2, -0.15) is 0 Å². The third kappa shape index (κ3) is 3.49. The summed E-state index contributed by atoms with van der Waals surface area (Å²) in [6, 6.07) is 9.24. The first-order valence-electron chi connectivity index (χ1n) is 6.28. The van der Waals surface area contributed by atoms with Gasteiger partial charge in [-0.05, 0) is 12.1 Å². The van der Waals surface area contributed by atoms with Crippen LogP contribution in [0.2, 0.25) is 0 Å². The van der Waals surface area contributed by atoms with Crippen LogP contribution in [-0.2, 0) is 0 Å². The molecule has 0 radical (unpaired) electrons. The maximum absolute atomic E-state index is 12.5. The lowest BCUT2D eigenvalue weighted by Gasteiger charge is -2.22. The van der Waals surface area contributed by atoms with Crippen LogP contribution >= 0.6 is 31.9 Å². The summed E-state index contributed by atoms with van der Waals surface area (Å²) >= 11 is 6.87. The number of aromatic nitrogens is 2. The van der Waals surface area contributed by atoms with Crippen molar-refractivity contribution < 1.29 is 4.79 Å². The zero-order valence-corrected chi connectivity index (χ0v) is 14.0. The Kier molecular flexibility index (Phi) is 5.79. The molecular weight excluding hydrogens is 386 g/mol. The largest absolute Gasteiger partial charge is 0.340 e. The van der Waals surface area contributed by atoms with Crippen molar-refractivity contribution in [2.75, 3.05) is 28.6 Å². The highest BCUT2D eigenvalue weighted by Gasteiger charge is 2.17. The average Bonchev–Trinajstić information content (AvgIpc) is 2.96. The monoisotopic (exact) mass is 399 g/mol. The van der Waals surface area contributed by atoms with E-state index in [0.717, 1.165) is 23.7 Å². The first-order valence-corrected chi connectivity index (χ1v) is 8.52. The fourth-order valence-corrected chi connectivity index (χ4v) is 2.78. The van der Waals surface area contributed by atoms with Crippen molar-refractivity contribution in [1.29, 1.82) is 0 Å². The lowest BCUT2D eigenvalue weighted by molar-refractivity contribution is 0.0961. The van der Waals surface area contributed by atoms with E-state index in [1.165, 1.54) is 0 Å². The molecule has 4 nitrogen and oxygen atoms in total. The van der Waals surface area contributed by atoms with Gasteiger partial charge in [0.1, 0.15) is 0 Å². The number of hydrogen-bond donors (Lipinski definition) is 0. The lowest BCUT2D eigenvalue weighted by Crippen LogP contribution is -2.31. The van der Waals surface area contributed by atoms with Gasteiger partial charge in [-0.3, -0.25) is 9.36 Å². The molecule has 0 unspecified atom stereocenters. The van der Waals surface area contributed by atoms with Crippen molar-refractivity contribution in [2.45, 2.75) is 0 Å². The van der Waals surface area contributed by atoms with Gasteiger partial charge in [-0.1, -0.05) is 50.1 Å². The molecule has 0 bridgehead atoms. The van der Waals surface area contributed by atoms with Gasteiger partial charge in [-0.25, -0.2) is 4.98 Å². The van der Waals surface area contributed by atoms with E-state index in [2.05, 4.69) is 41.7 Å². The third-order valence-corrected chi connectivity index (χ3v) is 3.56. The summed E-state index contributed by atoms with van der Waals surface area (Å²) in [5.41, 5.74) is 0.657. The van der Waals surface area contributed by atoms with E-state index in [0.29, 0.717) is 11.5 Å². The van der Waals surface area contributed by atoms with Crippen molar-refractivity contribution in [1.82, 2.24) is 9.55 Å². The maximum Gasteiger partial charge on any atom is 0.264 e. The van der Waals surface area contributed by atoms with Gasteiger partial charge in [0.15, 0.2) is 0 Å². The van der Waals surface area contributed by atoms with Crippen LogP contribution in [0.3, 0.4) is 0 Å². The predicted octanol–water partition coefficient (Wildman–Crippen LogP) is 3.17. The van der Waals surface area contributed by atoms with E-state index in [9.17, 15) is 4.79 Å². The minimum absolute atomic E-state index is 0.0627. The van der Waals surface area contributed by atoms with E-state index >= 15 is 0 Å². The van der Waals surface area contributed by atoms with Crippen LogP contribution in [0.1, 0.15) is 10.4 Å². The van der Waals surface area contributed by atoms with Crippen LogP contribution in [0, 0.1) is 0 Å². The average molecular weight is 401 g/mol. The number of hydrogen-bond acceptors (Lipinski definition) is 3. The van der Waals surface area contributed by atoms with Crippen molar-refractivity contribution in [3.05, 3.63) is 48.3 Å². The van der Waals surface area contributed by atoms with Crippen LogP contribution < -0.4 is 4.90 Å². The fourth-order valence-electron chi connectivity index (χ4n) is 1.92. The molecule has 1 aromatic carbocycles. The molecule has 1 aromatic heterocycles. The second kappa shape index (κ2) is 7.59. The number of nitrogens with zero attached hydrogens (tertiary/aromatic N) is 3. The SMILES string of the molecule is O=C(c1ccccc1)n1ccnc1N(CCBr)CCBr. The first-order chi connectivity index (χ1) is 9.77. The molecule has 0 aliphatic carbocycles. The molecule has 0 atom stereocenters. The van der Waals surface area contributed by atoms with Crippen LogP contribution in [0.5, 0.6) is 0 Å². The first kappa shape index (κ1) is 15.3. The van der Waals surface area contributed by atoms with Crippen LogP contribution in [0.4, 0.5) is 5.95 Å². The number of anilines is 1. The Morgan fingerprint density at radius 1 is 1.15 bits per heavy atom. The van der Waals surface area contributed by atoms with E-state index < -0.39 is 0 Å². The Balaban J connectivity index is 2.30. The van der Waals surface area contributed by atoms with Gasteiger partial charge in [0.05, 0.1) is 0 Å². The van der Waals surface area contributed by atoms with Gasteiger partial charge in [-0.15, -0.1) is 0 Å². The van der Waals surface area contributed by atoms with E-state index in [1.54, 1.807) is 17.0 Å². The molecule has 2 rings (SSSR count). The summed E-state index contributed by atoms with van der Waals surface area (Å²) in [7, 11) is 0. The van der Waals surface area contributed by atoms with E-state index in [4.69, 9.17) is 0 Å². The smallest absolute Gasteiger partial charge is 0.264 e. The number of imidazole rings is 1. The third-order valence-electron chi connectivity index (χ3n) is 2.85. The summed E-state index contributed by atoms with van der Waals surface area (Å²) in [6.07, 6.45) is 3.37. The van der Waals surface area contributed by atoms with Crippen molar-refractivity contribution in [2.24, 2.45) is 0 Å². The Hall–Kier alpha value is -1.14. The molecule has 0 N–H and O–H groups in total. The number of rotatable bonds is 6. The molecule has 20 heavy (non-hydrogen) atoms. The van der Waals surface area contributed by atoms with Gasteiger partial charge >= 0.3 is 0 Å². The topological polar surface area (TPSA) is 38.1 Å². The molecule has 0 fully saturated rings. The summed E-state index contributed by atoms with van der Waals surface area (Å²) in [5.74, 6) is 0.616. The second-order valence-electron chi connectivity index (χ2n) is 4.13. The number of halogens is 2. The summed E-state index contributed by atoms with van der Waals surface area (Å²) < 4.78 is 1.60. The lowest BCUT2D eigenvalue weighted by atomic mass is 10.2. The summed E-state index contributed by atoms with van der Waals surface area (Å²) in [5, 5.41) is 1.65. The highest BCUT2D eigenvalue weighted by Crippen LogP contribution is 2.15. The minimum atomic E-state index is -0.0627. The van der Waals surface area contributed by atoms with Crippen LogP contribution in [0.25, 0.3) is 0 Å². The van der Waals surface area contributed by atoms with Crippen molar-refractivity contribution in [3.8, 4) is 0 Å². The normalized spacial score (nSPS) is 10.5. The zero-order valence-electron chi connectivity index (χ0n) is 10.9. The van der Waals surface area contributed by atoms with Crippen LogP contribution in [-0.4, -0.2) is 39.2 Å². The standard InChI is InChI=1S/C14H15Br2N3O/c15-6-9-18(10-7-16)14-17-8-11-19(14)13(20)12-4-2-1-3-5-12/h1-5,8,11H,6-7,9-10H2. The highest BCUT2D eigenvalue weighted by molar-refractivity contribution is 9.09. The summed E-state index contributed by atoms with van der Waals surface area (Å²) in [6.45, 7) is 1.59. The molecule has 0 amide bonds. The predicted molar refractivity (Wildman–Crippen MR) is 88.2 cm³/mol. The summed E-state index contributed by atoms with van der Waals surface area (Å²) in [4.78, 5) is 18.9. The molecule has 0 aliphatic rings. The van der Waals surface area contributed by atoms with Gasteiger partial charge in [0, 0.05) is 41.7 Å². The van der Waals surface area contributed by atoms with E-state index in [-0.39, 0.29) is 5.91 Å². The molecule has 106 valence electrons. The van der Waals surface area contributed by atoms with Gasteiger partial charge in [0.25, 0.3) is 5.91 Å². The number of carbonyl (C=O) groups excluding carboxylic acids is 1. The molecule has 0 spiro atoms. The Labute approximate surface area is 135 Å². The molecular formula is C14H15Br2N3O. The molecule has 0 aliphatic heterocycles. The highest BCUT2D eigenvalue weighted by atomic mass is 79.9. The minimum Gasteiger partial charge on any atom is -0.340 e. The Bertz CT molecular complexity index is 551. The quantitative estimate of drug-likeness (QED) is 0.699. The number of alkyl halides is 2. The number of carbonyl (C=O) groups is 1. The second-order valence-corrected chi connectivity index (χ2v) is 5.72. The van der Waals surface area contributed by atoms with Crippen molar-refractivity contribution in [3.63, 3.8) is 0 Å². The zero-order chi connectivity index (χ0) is 14.4. The van der Waals surface area contributed by atoms with Gasteiger partial charge < -0.3 is 4.90 Å². The van der Waals surface area contributed by atoms with E-state index in [1.807, 2.05) is 30.3 Å². The van der Waals surface area contributed by atoms with Gasteiger partial charge in [0.2, 0.25) is 5.95 Å².